The first-order chi connectivity index (χ1) is 11.1. The van der Waals surface area contributed by atoms with Gasteiger partial charge in [-0.2, -0.15) is 0 Å². The molecule has 23 heavy (non-hydrogen) atoms. The van der Waals surface area contributed by atoms with E-state index in [2.05, 4.69) is 10.9 Å². The Balaban J connectivity index is 2.51. The normalized spacial score (nSPS) is 10.5. The Morgan fingerprint density at radius 2 is 2.17 bits per heavy atom. The standard InChI is InChI=1S/C17H17FN2O3/c1-3-8-23-11-20-15(10-12-6-5-7-13(18)9-12)14(4-2)16(21)19-17(20)22/h1,5-7,9H,4,8,10-11H2,2H3,(H,19,21,22). The third-order valence-electron chi connectivity index (χ3n) is 3.43. The molecule has 2 rings (SSSR count). The lowest BCUT2D eigenvalue weighted by Crippen LogP contribution is -2.36. The predicted octanol–water partition coefficient (Wildman–Crippen LogP) is 1.44. The van der Waals surface area contributed by atoms with E-state index in [1.165, 1.54) is 16.7 Å². The first kappa shape index (κ1) is 16.7. The van der Waals surface area contributed by atoms with Gasteiger partial charge >= 0.3 is 5.69 Å². The van der Waals surface area contributed by atoms with Gasteiger partial charge in [0.05, 0.1) is 0 Å². The highest BCUT2D eigenvalue weighted by Gasteiger charge is 2.14. The molecule has 1 aromatic carbocycles. The number of hydrogen-bond acceptors (Lipinski definition) is 3. The van der Waals surface area contributed by atoms with Crippen LogP contribution in [0, 0.1) is 18.2 Å². The van der Waals surface area contributed by atoms with Crippen molar-refractivity contribution in [3.05, 3.63) is 67.7 Å². The average Bonchev–Trinajstić information content (AvgIpc) is 2.50. The van der Waals surface area contributed by atoms with E-state index in [4.69, 9.17) is 11.2 Å². The van der Waals surface area contributed by atoms with Gasteiger partial charge in [0.15, 0.2) is 0 Å². The van der Waals surface area contributed by atoms with E-state index in [1.807, 2.05) is 6.92 Å². The van der Waals surface area contributed by atoms with Gasteiger partial charge in [-0.25, -0.2) is 9.18 Å². The molecule has 0 unspecified atom stereocenters. The molecule has 1 heterocycles. The predicted molar refractivity (Wildman–Crippen MR) is 84.7 cm³/mol. The Hall–Kier alpha value is -2.65. The summed E-state index contributed by atoms with van der Waals surface area (Å²) in [4.78, 5) is 26.4. The quantitative estimate of drug-likeness (QED) is 0.648. The maximum absolute atomic E-state index is 13.4. The Bertz CT molecular complexity index is 846. The molecule has 1 aromatic heterocycles. The number of hydrogen-bond donors (Lipinski definition) is 1. The number of nitrogens with one attached hydrogen (secondary N) is 1. The summed E-state index contributed by atoms with van der Waals surface area (Å²) in [5.74, 6) is 1.94. The van der Waals surface area contributed by atoms with Gasteiger partial charge in [0.1, 0.15) is 19.2 Å². The van der Waals surface area contributed by atoms with Crippen LogP contribution in [0.3, 0.4) is 0 Å². The monoisotopic (exact) mass is 316 g/mol. The Labute approximate surface area is 132 Å². The highest BCUT2D eigenvalue weighted by Crippen LogP contribution is 2.12. The van der Waals surface area contributed by atoms with Crippen LogP contribution in [0.4, 0.5) is 4.39 Å². The van der Waals surface area contributed by atoms with Crippen LogP contribution in [-0.4, -0.2) is 16.2 Å². The van der Waals surface area contributed by atoms with Crippen molar-refractivity contribution >= 4 is 0 Å². The van der Waals surface area contributed by atoms with E-state index >= 15 is 0 Å². The fraction of sp³-hybridized carbons (Fsp3) is 0.294. The lowest BCUT2D eigenvalue weighted by Gasteiger charge is -2.15. The van der Waals surface area contributed by atoms with E-state index in [0.29, 0.717) is 23.2 Å². The van der Waals surface area contributed by atoms with Gasteiger partial charge in [-0.1, -0.05) is 25.0 Å². The van der Waals surface area contributed by atoms with Crippen molar-refractivity contribution in [1.82, 2.24) is 9.55 Å². The number of aromatic amines is 1. The minimum atomic E-state index is -0.573. The molecule has 0 spiro atoms. The number of nitrogens with zero attached hydrogens (tertiary/aromatic N) is 1. The van der Waals surface area contributed by atoms with E-state index in [-0.39, 0.29) is 25.6 Å². The number of terminal acetylenes is 1. The smallest absolute Gasteiger partial charge is 0.330 e. The highest BCUT2D eigenvalue weighted by molar-refractivity contribution is 5.27. The topological polar surface area (TPSA) is 64.1 Å². The van der Waals surface area contributed by atoms with Crippen molar-refractivity contribution in [2.75, 3.05) is 6.61 Å². The van der Waals surface area contributed by atoms with E-state index < -0.39 is 11.2 Å². The molecule has 0 aliphatic rings. The highest BCUT2D eigenvalue weighted by atomic mass is 19.1. The molecule has 0 bridgehead atoms. The molecule has 1 N–H and O–H groups in total. The number of halogens is 1. The van der Waals surface area contributed by atoms with Crippen LogP contribution in [0.1, 0.15) is 23.7 Å². The Morgan fingerprint density at radius 1 is 1.39 bits per heavy atom. The average molecular weight is 316 g/mol. The van der Waals surface area contributed by atoms with E-state index in [1.54, 1.807) is 12.1 Å². The van der Waals surface area contributed by atoms with E-state index in [0.717, 1.165) is 0 Å². The van der Waals surface area contributed by atoms with Gasteiger partial charge in [-0.05, 0) is 24.1 Å². The zero-order chi connectivity index (χ0) is 16.8. The molecule has 0 saturated carbocycles. The van der Waals surface area contributed by atoms with Gasteiger partial charge in [0.25, 0.3) is 5.56 Å². The lowest BCUT2D eigenvalue weighted by atomic mass is 10.0. The van der Waals surface area contributed by atoms with Gasteiger partial charge in [-0.3, -0.25) is 14.3 Å². The summed E-state index contributed by atoms with van der Waals surface area (Å²) in [5.41, 5.74) is 0.630. The van der Waals surface area contributed by atoms with Crippen molar-refractivity contribution < 1.29 is 9.13 Å². The first-order valence-electron chi connectivity index (χ1n) is 7.17. The fourth-order valence-electron chi connectivity index (χ4n) is 2.40. The van der Waals surface area contributed by atoms with Crippen molar-refractivity contribution in [1.29, 1.82) is 0 Å². The summed E-state index contributed by atoms with van der Waals surface area (Å²) in [5, 5.41) is 0. The molecule has 2 aromatic rings. The van der Waals surface area contributed by atoms with Crippen molar-refractivity contribution in [2.45, 2.75) is 26.5 Å². The number of benzene rings is 1. The molecule has 0 aliphatic carbocycles. The van der Waals surface area contributed by atoms with Crippen LogP contribution in [0.5, 0.6) is 0 Å². The second-order valence-electron chi connectivity index (χ2n) is 4.95. The number of ether oxygens (including phenoxy) is 1. The van der Waals surface area contributed by atoms with E-state index in [9.17, 15) is 14.0 Å². The number of H-pyrrole nitrogens is 1. The largest absolute Gasteiger partial charge is 0.348 e. The molecular formula is C17H17FN2O3. The molecule has 120 valence electrons. The maximum atomic E-state index is 13.4. The molecule has 0 saturated heterocycles. The SMILES string of the molecule is C#CCOCn1c(Cc2cccc(F)c2)c(CC)c(=O)[nH]c1=O. The third-order valence-corrected chi connectivity index (χ3v) is 3.43. The van der Waals surface area contributed by atoms with Crippen LogP contribution in [-0.2, 0) is 24.3 Å². The molecule has 0 amide bonds. The fourth-order valence-corrected chi connectivity index (χ4v) is 2.40. The summed E-state index contributed by atoms with van der Waals surface area (Å²) >= 11 is 0. The van der Waals surface area contributed by atoms with Crippen LogP contribution in [0.15, 0.2) is 33.9 Å². The molecule has 0 atom stereocenters. The molecule has 6 heteroatoms. The van der Waals surface area contributed by atoms with Crippen LogP contribution >= 0.6 is 0 Å². The van der Waals surface area contributed by atoms with Crippen LogP contribution in [0.2, 0.25) is 0 Å². The van der Waals surface area contributed by atoms with Gasteiger partial charge in [0, 0.05) is 17.7 Å². The second kappa shape index (κ2) is 7.56. The Kier molecular flexibility index (Phi) is 5.50. The molecular weight excluding hydrogens is 299 g/mol. The van der Waals surface area contributed by atoms with Crippen molar-refractivity contribution in [2.24, 2.45) is 0 Å². The summed E-state index contributed by atoms with van der Waals surface area (Å²) < 4.78 is 19.9. The minimum Gasteiger partial charge on any atom is -0.348 e. The van der Waals surface area contributed by atoms with Crippen LogP contribution in [0.25, 0.3) is 0 Å². The van der Waals surface area contributed by atoms with Crippen LogP contribution < -0.4 is 11.2 Å². The third kappa shape index (κ3) is 3.96. The Morgan fingerprint density at radius 3 is 2.83 bits per heavy atom. The number of aromatic nitrogens is 2. The number of rotatable bonds is 6. The summed E-state index contributed by atoms with van der Waals surface area (Å²) in [6, 6.07) is 6.03. The molecule has 0 aliphatic heterocycles. The minimum absolute atomic E-state index is 0.0480. The molecule has 0 fully saturated rings. The molecule has 0 radical (unpaired) electrons. The maximum Gasteiger partial charge on any atom is 0.330 e. The first-order valence-corrected chi connectivity index (χ1v) is 7.17. The van der Waals surface area contributed by atoms with Crippen molar-refractivity contribution in [3.8, 4) is 12.3 Å². The summed E-state index contributed by atoms with van der Waals surface area (Å²) in [6.45, 7) is 1.79. The zero-order valence-corrected chi connectivity index (χ0v) is 12.8. The van der Waals surface area contributed by atoms with Gasteiger partial charge in [0.2, 0.25) is 0 Å². The second-order valence-corrected chi connectivity index (χ2v) is 4.95. The lowest BCUT2D eigenvalue weighted by molar-refractivity contribution is 0.0981. The summed E-state index contributed by atoms with van der Waals surface area (Å²) in [7, 11) is 0. The van der Waals surface area contributed by atoms with Gasteiger partial charge in [-0.15, -0.1) is 6.42 Å². The van der Waals surface area contributed by atoms with Gasteiger partial charge < -0.3 is 4.74 Å². The zero-order valence-electron chi connectivity index (χ0n) is 12.8. The molecule has 5 nitrogen and oxygen atoms in total. The summed E-state index contributed by atoms with van der Waals surface area (Å²) in [6.07, 6.45) is 5.82. The van der Waals surface area contributed by atoms with Crippen molar-refractivity contribution in [3.63, 3.8) is 0 Å².